The van der Waals surface area contributed by atoms with Crippen molar-refractivity contribution in [1.82, 2.24) is 4.90 Å². The Morgan fingerprint density at radius 1 is 1.29 bits per heavy atom. The van der Waals surface area contributed by atoms with Crippen LogP contribution in [0.4, 0.5) is 11.4 Å². The lowest BCUT2D eigenvalue weighted by atomic mass is 9.74. The number of nitrogens with two attached hydrogens (primary N) is 1. The molecule has 0 bridgehead atoms. The second-order valence-electron chi connectivity index (χ2n) is 7.47. The van der Waals surface area contributed by atoms with Gasteiger partial charge in [-0.25, -0.2) is 0 Å². The number of ether oxygens (including phenoxy) is 1. The number of nitro benzene ring substituents is 1. The molecule has 2 aliphatic rings. The number of hydrogen-bond donors (Lipinski definition) is 2. The first kappa shape index (κ1) is 17.0. The van der Waals surface area contributed by atoms with Crippen molar-refractivity contribution in [3.63, 3.8) is 0 Å². The SMILES string of the molecule is CC1(C)Oc2cc(N)c([N+](=O)[O-])cc2[C@](C)(N2CCCCC2)[C@H]1O. The molecule has 7 heteroatoms. The van der Waals surface area contributed by atoms with Gasteiger partial charge in [0.1, 0.15) is 23.1 Å². The summed E-state index contributed by atoms with van der Waals surface area (Å²) in [5, 5.41) is 22.4. The molecule has 3 rings (SSSR count). The Bertz CT molecular complexity index is 670. The van der Waals surface area contributed by atoms with Gasteiger partial charge in [0.25, 0.3) is 5.69 Å². The van der Waals surface area contributed by atoms with Crippen LogP contribution in [0.3, 0.4) is 0 Å². The highest BCUT2D eigenvalue weighted by Gasteiger charge is 2.54. The van der Waals surface area contributed by atoms with Crippen LogP contribution in [0.5, 0.6) is 5.75 Å². The molecule has 0 unspecified atom stereocenters. The number of likely N-dealkylation sites (tertiary alicyclic amines) is 1. The molecular weight excluding hydrogens is 310 g/mol. The molecule has 0 saturated carbocycles. The van der Waals surface area contributed by atoms with E-state index in [-0.39, 0.29) is 11.4 Å². The molecular formula is C17H25N3O4. The monoisotopic (exact) mass is 335 g/mol. The van der Waals surface area contributed by atoms with Crippen LogP contribution in [-0.4, -0.2) is 39.7 Å². The van der Waals surface area contributed by atoms with Crippen molar-refractivity contribution in [2.45, 2.75) is 57.3 Å². The first-order chi connectivity index (χ1) is 11.2. The summed E-state index contributed by atoms with van der Waals surface area (Å²) in [7, 11) is 0. The number of nitrogens with zero attached hydrogens (tertiary/aromatic N) is 2. The van der Waals surface area contributed by atoms with Gasteiger partial charge in [-0.1, -0.05) is 6.42 Å². The van der Waals surface area contributed by atoms with Crippen molar-refractivity contribution >= 4 is 11.4 Å². The molecule has 3 N–H and O–H groups in total. The number of hydrogen-bond acceptors (Lipinski definition) is 6. The normalized spacial score (nSPS) is 29.6. The van der Waals surface area contributed by atoms with Gasteiger partial charge in [0.2, 0.25) is 0 Å². The summed E-state index contributed by atoms with van der Waals surface area (Å²) in [6.45, 7) is 7.31. The first-order valence-electron chi connectivity index (χ1n) is 8.38. The molecule has 2 atom stereocenters. The van der Waals surface area contributed by atoms with E-state index in [1.54, 1.807) is 0 Å². The minimum atomic E-state index is -0.821. The lowest BCUT2D eigenvalue weighted by molar-refractivity contribution is -0.384. The number of rotatable bonds is 2. The van der Waals surface area contributed by atoms with E-state index in [4.69, 9.17) is 10.5 Å². The number of aliphatic hydroxyl groups excluding tert-OH is 1. The highest BCUT2D eigenvalue weighted by atomic mass is 16.6. The minimum Gasteiger partial charge on any atom is -0.485 e. The maximum Gasteiger partial charge on any atom is 0.292 e. The van der Waals surface area contributed by atoms with Crippen LogP contribution < -0.4 is 10.5 Å². The second kappa shape index (κ2) is 5.60. The van der Waals surface area contributed by atoms with E-state index in [1.165, 1.54) is 12.1 Å². The fourth-order valence-electron chi connectivity index (χ4n) is 4.09. The van der Waals surface area contributed by atoms with Crippen LogP contribution >= 0.6 is 0 Å². The van der Waals surface area contributed by atoms with Gasteiger partial charge in [-0.15, -0.1) is 0 Å². The van der Waals surface area contributed by atoms with Gasteiger partial charge in [-0.3, -0.25) is 15.0 Å². The molecule has 24 heavy (non-hydrogen) atoms. The van der Waals surface area contributed by atoms with E-state index < -0.39 is 22.2 Å². The van der Waals surface area contributed by atoms with Crippen molar-refractivity contribution < 1.29 is 14.8 Å². The van der Waals surface area contributed by atoms with Crippen LogP contribution in [0.25, 0.3) is 0 Å². The Morgan fingerprint density at radius 2 is 1.92 bits per heavy atom. The number of piperidine rings is 1. The Labute approximate surface area is 141 Å². The summed E-state index contributed by atoms with van der Waals surface area (Å²) in [5.74, 6) is 0.515. The summed E-state index contributed by atoms with van der Waals surface area (Å²) in [4.78, 5) is 13.1. The number of nitro groups is 1. The second-order valence-corrected chi connectivity index (χ2v) is 7.47. The summed E-state index contributed by atoms with van der Waals surface area (Å²) in [6, 6.07) is 2.99. The van der Waals surface area contributed by atoms with Gasteiger partial charge in [0.15, 0.2) is 0 Å². The number of anilines is 1. The highest BCUT2D eigenvalue weighted by molar-refractivity contribution is 5.65. The molecule has 0 aromatic heterocycles. The quantitative estimate of drug-likeness (QED) is 0.489. The molecule has 0 amide bonds. The first-order valence-corrected chi connectivity index (χ1v) is 8.38. The lowest BCUT2D eigenvalue weighted by Crippen LogP contribution is -2.64. The third kappa shape index (κ3) is 2.43. The van der Waals surface area contributed by atoms with Crippen molar-refractivity contribution in [2.75, 3.05) is 18.8 Å². The van der Waals surface area contributed by atoms with Gasteiger partial charge in [0, 0.05) is 17.7 Å². The standard InChI is InChI=1S/C17H25N3O4/c1-16(2)15(21)17(3,19-7-5-4-6-8-19)11-9-13(20(22)23)12(18)10-14(11)24-16/h9-10,15,21H,4-8,18H2,1-3H3/t15-,17-/m0/s1. The van der Waals surface area contributed by atoms with Crippen LogP contribution in [0.2, 0.25) is 0 Å². The Balaban J connectivity index is 2.20. The van der Waals surface area contributed by atoms with Crippen LogP contribution in [0.15, 0.2) is 12.1 Å². The maximum atomic E-state index is 11.3. The maximum absolute atomic E-state index is 11.3. The number of nitrogen functional groups attached to an aromatic ring is 1. The van der Waals surface area contributed by atoms with Crippen molar-refractivity contribution in [3.8, 4) is 5.75 Å². The molecule has 1 saturated heterocycles. The Hall–Kier alpha value is -1.86. The predicted octanol–water partition coefficient (Wildman–Crippen LogP) is 2.41. The van der Waals surface area contributed by atoms with E-state index in [1.807, 2.05) is 20.8 Å². The van der Waals surface area contributed by atoms with E-state index >= 15 is 0 Å². The van der Waals surface area contributed by atoms with E-state index in [2.05, 4.69) is 4.90 Å². The van der Waals surface area contributed by atoms with Crippen LogP contribution in [0, 0.1) is 10.1 Å². The van der Waals surface area contributed by atoms with Crippen molar-refractivity contribution in [2.24, 2.45) is 0 Å². The van der Waals surface area contributed by atoms with Crippen LogP contribution in [-0.2, 0) is 5.54 Å². The average Bonchev–Trinajstić information content (AvgIpc) is 2.52. The van der Waals surface area contributed by atoms with E-state index in [0.717, 1.165) is 32.4 Å². The largest absolute Gasteiger partial charge is 0.485 e. The van der Waals surface area contributed by atoms with Gasteiger partial charge in [-0.2, -0.15) is 0 Å². The van der Waals surface area contributed by atoms with Crippen molar-refractivity contribution in [3.05, 3.63) is 27.8 Å². The van der Waals surface area contributed by atoms with Gasteiger partial charge in [0.05, 0.1) is 10.5 Å². The average molecular weight is 335 g/mol. The summed E-state index contributed by atoms with van der Waals surface area (Å²) in [5.41, 5.74) is 4.83. The summed E-state index contributed by atoms with van der Waals surface area (Å²) < 4.78 is 5.95. The number of benzene rings is 1. The zero-order valence-electron chi connectivity index (χ0n) is 14.4. The molecule has 1 aromatic carbocycles. The van der Waals surface area contributed by atoms with E-state index in [9.17, 15) is 15.2 Å². The van der Waals surface area contributed by atoms with Crippen molar-refractivity contribution in [1.29, 1.82) is 0 Å². The molecule has 0 radical (unpaired) electrons. The zero-order chi connectivity index (χ0) is 17.7. The van der Waals surface area contributed by atoms with E-state index in [0.29, 0.717) is 11.3 Å². The minimum absolute atomic E-state index is 0.0759. The summed E-state index contributed by atoms with van der Waals surface area (Å²) in [6.07, 6.45) is 2.45. The molecule has 0 spiro atoms. The third-order valence-corrected chi connectivity index (χ3v) is 5.45. The van der Waals surface area contributed by atoms with Gasteiger partial charge >= 0.3 is 0 Å². The van der Waals surface area contributed by atoms with Gasteiger partial charge in [-0.05, 0) is 46.7 Å². The number of aliphatic hydroxyl groups is 1. The zero-order valence-corrected chi connectivity index (χ0v) is 14.4. The van der Waals surface area contributed by atoms with Crippen LogP contribution in [0.1, 0.15) is 45.6 Å². The smallest absolute Gasteiger partial charge is 0.292 e. The van der Waals surface area contributed by atoms with Gasteiger partial charge < -0.3 is 15.6 Å². The predicted molar refractivity (Wildman–Crippen MR) is 91.0 cm³/mol. The molecule has 1 fully saturated rings. The molecule has 2 aliphatic heterocycles. The third-order valence-electron chi connectivity index (χ3n) is 5.45. The lowest BCUT2D eigenvalue weighted by Gasteiger charge is -2.54. The fourth-order valence-corrected chi connectivity index (χ4v) is 4.09. The highest BCUT2D eigenvalue weighted by Crippen LogP contribution is 2.50. The molecule has 2 heterocycles. The molecule has 7 nitrogen and oxygen atoms in total. The Kier molecular flexibility index (Phi) is 3.96. The molecule has 0 aliphatic carbocycles. The topological polar surface area (TPSA) is 102 Å². The molecule has 1 aromatic rings. The summed E-state index contributed by atoms with van der Waals surface area (Å²) >= 11 is 0. The molecule has 132 valence electrons. The Morgan fingerprint density at radius 3 is 2.50 bits per heavy atom. The number of fused-ring (bicyclic) bond motifs is 1. The fraction of sp³-hybridized carbons (Fsp3) is 0.647.